The van der Waals surface area contributed by atoms with Gasteiger partial charge in [0.15, 0.2) is 0 Å². The Balaban J connectivity index is 2.01. The standard InChI is InChI=1S/C16H26N4O2/c1-11(2)13-9-20(8-12-4-3-6-18-16(12)17)10-14(13)19-15(22)5-7-21/h3-4,6,11,13-14,21H,5,7-10H2,1-2H3,(H2,17,18)(H,19,22)/t13-,14+/m1/s1. The predicted molar refractivity (Wildman–Crippen MR) is 85.9 cm³/mol. The van der Waals surface area contributed by atoms with Crippen LogP contribution in [0.15, 0.2) is 18.3 Å². The van der Waals surface area contributed by atoms with E-state index in [1.807, 2.05) is 12.1 Å². The number of carbonyl (C=O) groups is 1. The number of carbonyl (C=O) groups excluding carboxylic acids is 1. The molecule has 1 aliphatic rings. The van der Waals surface area contributed by atoms with E-state index < -0.39 is 0 Å². The van der Waals surface area contributed by atoms with Crippen LogP contribution < -0.4 is 11.1 Å². The van der Waals surface area contributed by atoms with E-state index in [1.54, 1.807) is 6.20 Å². The fourth-order valence-electron chi connectivity index (χ4n) is 3.08. The summed E-state index contributed by atoms with van der Waals surface area (Å²) < 4.78 is 0. The molecule has 1 fully saturated rings. The molecule has 1 aromatic rings. The van der Waals surface area contributed by atoms with Crippen LogP contribution >= 0.6 is 0 Å². The summed E-state index contributed by atoms with van der Waals surface area (Å²) in [6.45, 7) is 6.72. The molecular formula is C16H26N4O2. The van der Waals surface area contributed by atoms with Crippen molar-refractivity contribution in [3.05, 3.63) is 23.9 Å². The SMILES string of the molecule is CC(C)[C@H]1CN(Cc2cccnc2N)C[C@@H]1NC(=O)CCO. The van der Waals surface area contributed by atoms with Crippen molar-refractivity contribution in [3.8, 4) is 0 Å². The van der Waals surface area contributed by atoms with Gasteiger partial charge in [-0.3, -0.25) is 9.69 Å². The number of rotatable bonds is 6. The molecule has 0 bridgehead atoms. The van der Waals surface area contributed by atoms with Crippen LogP contribution in [-0.4, -0.2) is 46.6 Å². The second kappa shape index (κ2) is 7.56. The van der Waals surface area contributed by atoms with Gasteiger partial charge in [-0.15, -0.1) is 0 Å². The first-order valence-electron chi connectivity index (χ1n) is 7.83. The quantitative estimate of drug-likeness (QED) is 0.716. The number of nitrogens with two attached hydrogens (primary N) is 1. The monoisotopic (exact) mass is 306 g/mol. The predicted octanol–water partition coefficient (Wildman–Crippen LogP) is 0.619. The molecule has 1 amide bonds. The molecule has 2 heterocycles. The zero-order valence-corrected chi connectivity index (χ0v) is 13.3. The van der Waals surface area contributed by atoms with Gasteiger partial charge < -0.3 is 16.2 Å². The van der Waals surface area contributed by atoms with E-state index in [-0.39, 0.29) is 25.0 Å². The van der Waals surface area contributed by atoms with Crippen molar-refractivity contribution >= 4 is 11.7 Å². The molecule has 1 saturated heterocycles. The Morgan fingerprint density at radius 2 is 2.32 bits per heavy atom. The van der Waals surface area contributed by atoms with Crippen molar-refractivity contribution in [2.24, 2.45) is 11.8 Å². The Labute approximate surface area is 131 Å². The second-order valence-electron chi connectivity index (χ2n) is 6.30. The summed E-state index contributed by atoms with van der Waals surface area (Å²) in [6.07, 6.45) is 1.86. The van der Waals surface area contributed by atoms with Crippen molar-refractivity contribution in [1.29, 1.82) is 0 Å². The Bertz CT molecular complexity index is 507. The van der Waals surface area contributed by atoms with Gasteiger partial charge >= 0.3 is 0 Å². The molecule has 0 saturated carbocycles. The lowest BCUT2D eigenvalue weighted by Gasteiger charge is -2.22. The number of amides is 1. The topological polar surface area (TPSA) is 91.5 Å². The molecule has 2 rings (SSSR count). The molecule has 0 spiro atoms. The van der Waals surface area contributed by atoms with Crippen LogP contribution in [0.4, 0.5) is 5.82 Å². The number of likely N-dealkylation sites (tertiary alicyclic amines) is 1. The molecule has 0 radical (unpaired) electrons. The van der Waals surface area contributed by atoms with E-state index in [0.29, 0.717) is 17.7 Å². The Kier molecular flexibility index (Phi) is 5.74. The van der Waals surface area contributed by atoms with Crippen LogP contribution in [0.2, 0.25) is 0 Å². The van der Waals surface area contributed by atoms with Crippen molar-refractivity contribution in [2.45, 2.75) is 32.9 Å². The normalized spacial score (nSPS) is 22.2. The highest BCUT2D eigenvalue weighted by atomic mass is 16.3. The molecule has 0 unspecified atom stereocenters. The van der Waals surface area contributed by atoms with Gasteiger partial charge in [0.25, 0.3) is 0 Å². The maximum Gasteiger partial charge on any atom is 0.222 e. The first kappa shape index (κ1) is 16.7. The third-order valence-electron chi connectivity index (χ3n) is 4.30. The smallest absolute Gasteiger partial charge is 0.222 e. The van der Waals surface area contributed by atoms with Gasteiger partial charge in [0.05, 0.1) is 6.61 Å². The largest absolute Gasteiger partial charge is 0.396 e. The van der Waals surface area contributed by atoms with Crippen LogP contribution in [0.5, 0.6) is 0 Å². The molecule has 1 aliphatic heterocycles. The number of pyridine rings is 1. The van der Waals surface area contributed by atoms with Gasteiger partial charge in [0.2, 0.25) is 5.91 Å². The van der Waals surface area contributed by atoms with Crippen molar-refractivity contribution in [2.75, 3.05) is 25.4 Å². The summed E-state index contributed by atoms with van der Waals surface area (Å²) in [5, 5.41) is 11.9. The molecule has 1 aromatic heterocycles. The number of hydrogen-bond acceptors (Lipinski definition) is 5. The summed E-state index contributed by atoms with van der Waals surface area (Å²) in [5.41, 5.74) is 6.93. The van der Waals surface area contributed by atoms with Gasteiger partial charge in [0, 0.05) is 43.9 Å². The van der Waals surface area contributed by atoms with Crippen LogP contribution in [0.25, 0.3) is 0 Å². The van der Waals surface area contributed by atoms with Crippen molar-refractivity contribution in [1.82, 2.24) is 15.2 Å². The molecule has 0 aliphatic carbocycles. The average Bonchev–Trinajstić information content (AvgIpc) is 2.84. The lowest BCUT2D eigenvalue weighted by Crippen LogP contribution is -2.42. The number of aromatic nitrogens is 1. The molecule has 22 heavy (non-hydrogen) atoms. The number of nitrogen functional groups attached to an aromatic ring is 1. The maximum atomic E-state index is 11.8. The Hall–Kier alpha value is -1.66. The molecule has 6 heteroatoms. The highest BCUT2D eigenvalue weighted by Crippen LogP contribution is 2.26. The van der Waals surface area contributed by atoms with Crippen molar-refractivity contribution < 1.29 is 9.90 Å². The highest BCUT2D eigenvalue weighted by molar-refractivity contribution is 5.76. The minimum Gasteiger partial charge on any atom is -0.396 e. The van der Waals surface area contributed by atoms with Crippen LogP contribution in [0, 0.1) is 11.8 Å². The van der Waals surface area contributed by atoms with Crippen LogP contribution in [0.3, 0.4) is 0 Å². The maximum absolute atomic E-state index is 11.8. The van der Waals surface area contributed by atoms with Gasteiger partial charge in [-0.1, -0.05) is 19.9 Å². The summed E-state index contributed by atoms with van der Waals surface area (Å²) in [5.74, 6) is 1.37. The lowest BCUT2D eigenvalue weighted by atomic mass is 9.91. The number of nitrogens with zero attached hydrogens (tertiary/aromatic N) is 2. The molecule has 2 atom stereocenters. The lowest BCUT2D eigenvalue weighted by molar-refractivity contribution is -0.122. The van der Waals surface area contributed by atoms with Crippen LogP contribution in [-0.2, 0) is 11.3 Å². The van der Waals surface area contributed by atoms with E-state index in [1.165, 1.54) is 0 Å². The summed E-state index contributed by atoms with van der Waals surface area (Å²) >= 11 is 0. The number of anilines is 1. The third kappa shape index (κ3) is 4.18. The van der Waals surface area contributed by atoms with E-state index in [2.05, 4.69) is 29.0 Å². The fourth-order valence-corrected chi connectivity index (χ4v) is 3.08. The van der Waals surface area contributed by atoms with Gasteiger partial charge in [-0.2, -0.15) is 0 Å². The van der Waals surface area contributed by atoms with E-state index >= 15 is 0 Å². The molecular weight excluding hydrogens is 280 g/mol. The molecule has 4 N–H and O–H groups in total. The molecule has 0 aromatic carbocycles. The van der Waals surface area contributed by atoms with Gasteiger partial charge in [-0.05, 0) is 17.9 Å². The first-order valence-corrected chi connectivity index (χ1v) is 7.83. The molecule has 122 valence electrons. The zero-order valence-electron chi connectivity index (χ0n) is 13.3. The fraction of sp³-hybridized carbons (Fsp3) is 0.625. The van der Waals surface area contributed by atoms with E-state index in [9.17, 15) is 4.79 Å². The minimum atomic E-state index is -0.110. The van der Waals surface area contributed by atoms with Crippen LogP contribution in [0.1, 0.15) is 25.8 Å². The zero-order chi connectivity index (χ0) is 16.1. The van der Waals surface area contributed by atoms with E-state index in [0.717, 1.165) is 25.2 Å². The third-order valence-corrected chi connectivity index (χ3v) is 4.30. The van der Waals surface area contributed by atoms with Gasteiger partial charge in [-0.25, -0.2) is 4.98 Å². The highest BCUT2D eigenvalue weighted by Gasteiger charge is 2.35. The summed E-state index contributed by atoms with van der Waals surface area (Å²) in [4.78, 5) is 18.2. The number of aliphatic hydroxyl groups excluding tert-OH is 1. The Morgan fingerprint density at radius 1 is 1.55 bits per heavy atom. The van der Waals surface area contributed by atoms with E-state index in [4.69, 9.17) is 10.8 Å². The summed E-state index contributed by atoms with van der Waals surface area (Å²) in [6, 6.07) is 4.00. The number of nitrogens with one attached hydrogen (secondary N) is 1. The first-order chi connectivity index (χ1) is 10.5. The van der Waals surface area contributed by atoms with Crippen molar-refractivity contribution in [3.63, 3.8) is 0 Å². The number of hydrogen-bond donors (Lipinski definition) is 3. The summed E-state index contributed by atoms with van der Waals surface area (Å²) in [7, 11) is 0. The van der Waals surface area contributed by atoms with Gasteiger partial charge in [0.1, 0.15) is 5.82 Å². The minimum absolute atomic E-state index is 0.0825. The number of aliphatic hydroxyl groups is 1. The second-order valence-corrected chi connectivity index (χ2v) is 6.30. The molecule has 6 nitrogen and oxygen atoms in total. The average molecular weight is 306 g/mol. The Morgan fingerprint density at radius 3 is 2.95 bits per heavy atom.